The van der Waals surface area contributed by atoms with Crippen LogP contribution in [0, 0.1) is 5.41 Å². The molecule has 0 bridgehead atoms. The SMILES string of the molecule is CC(C)(C)C(O)CNC(=O)c1ccoc1. The highest BCUT2D eigenvalue weighted by Gasteiger charge is 2.22. The molecule has 1 heterocycles. The molecule has 0 saturated heterocycles. The molecule has 15 heavy (non-hydrogen) atoms. The van der Waals surface area contributed by atoms with Crippen molar-refractivity contribution in [1.82, 2.24) is 5.32 Å². The van der Waals surface area contributed by atoms with E-state index in [-0.39, 0.29) is 17.9 Å². The van der Waals surface area contributed by atoms with Crippen molar-refractivity contribution in [2.75, 3.05) is 6.54 Å². The molecule has 0 aliphatic rings. The molecular formula is C11H17NO3. The molecular weight excluding hydrogens is 194 g/mol. The minimum absolute atomic E-state index is 0.230. The van der Waals surface area contributed by atoms with Gasteiger partial charge in [0.25, 0.3) is 5.91 Å². The highest BCUT2D eigenvalue weighted by atomic mass is 16.3. The van der Waals surface area contributed by atoms with Crippen LogP contribution in [0.3, 0.4) is 0 Å². The van der Waals surface area contributed by atoms with Gasteiger partial charge in [-0.25, -0.2) is 0 Å². The number of furan rings is 1. The first kappa shape index (κ1) is 11.8. The average Bonchev–Trinajstić information content (AvgIpc) is 2.64. The quantitative estimate of drug-likeness (QED) is 0.794. The smallest absolute Gasteiger partial charge is 0.254 e. The van der Waals surface area contributed by atoms with E-state index in [2.05, 4.69) is 5.32 Å². The van der Waals surface area contributed by atoms with Gasteiger partial charge in [0.15, 0.2) is 0 Å². The molecule has 0 aliphatic carbocycles. The number of aliphatic hydroxyl groups excluding tert-OH is 1. The summed E-state index contributed by atoms with van der Waals surface area (Å²) in [5.74, 6) is -0.230. The van der Waals surface area contributed by atoms with Gasteiger partial charge in [-0.15, -0.1) is 0 Å². The van der Waals surface area contributed by atoms with Crippen LogP contribution in [-0.2, 0) is 0 Å². The topological polar surface area (TPSA) is 62.5 Å². The van der Waals surface area contributed by atoms with Crippen LogP contribution in [-0.4, -0.2) is 23.7 Å². The number of hydrogen-bond donors (Lipinski definition) is 2. The summed E-state index contributed by atoms with van der Waals surface area (Å²) >= 11 is 0. The lowest BCUT2D eigenvalue weighted by Gasteiger charge is -2.25. The van der Waals surface area contributed by atoms with Gasteiger partial charge < -0.3 is 14.8 Å². The zero-order valence-corrected chi connectivity index (χ0v) is 9.28. The van der Waals surface area contributed by atoms with Gasteiger partial charge in [0.05, 0.1) is 17.9 Å². The molecule has 0 spiro atoms. The third-order valence-electron chi connectivity index (χ3n) is 2.24. The third kappa shape index (κ3) is 3.40. The normalized spacial score (nSPS) is 13.6. The van der Waals surface area contributed by atoms with Crippen LogP contribution in [0.1, 0.15) is 31.1 Å². The highest BCUT2D eigenvalue weighted by molar-refractivity contribution is 5.93. The van der Waals surface area contributed by atoms with Gasteiger partial charge in [-0.05, 0) is 11.5 Å². The molecule has 0 fully saturated rings. The lowest BCUT2D eigenvalue weighted by Crippen LogP contribution is -2.39. The summed E-state index contributed by atoms with van der Waals surface area (Å²) in [6, 6.07) is 1.58. The van der Waals surface area contributed by atoms with Gasteiger partial charge in [-0.3, -0.25) is 4.79 Å². The van der Waals surface area contributed by atoms with E-state index in [9.17, 15) is 9.90 Å². The van der Waals surface area contributed by atoms with E-state index >= 15 is 0 Å². The summed E-state index contributed by atoms with van der Waals surface area (Å²) in [6.45, 7) is 6.00. The molecule has 2 N–H and O–H groups in total. The van der Waals surface area contributed by atoms with E-state index in [0.29, 0.717) is 5.56 Å². The second kappa shape index (κ2) is 4.49. The van der Waals surface area contributed by atoms with Gasteiger partial charge >= 0.3 is 0 Å². The highest BCUT2D eigenvalue weighted by Crippen LogP contribution is 2.18. The van der Waals surface area contributed by atoms with Crippen LogP contribution in [0.4, 0.5) is 0 Å². The molecule has 1 atom stereocenters. The Bertz CT molecular complexity index is 311. The van der Waals surface area contributed by atoms with Crippen molar-refractivity contribution < 1.29 is 14.3 Å². The van der Waals surface area contributed by atoms with Gasteiger partial charge in [0, 0.05) is 6.54 Å². The first-order valence-corrected chi connectivity index (χ1v) is 4.89. The first-order chi connectivity index (χ1) is 6.91. The number of nitrogens with one attached hydrogen (secondary N) is 1. The van der Waals surface area contributed by atoms with Crippen molar-refractivity contribution in [3.63, 3.8) is 0 Å². The van der Waals surface area contributed by atoms with Crippen LogP contribution in [0.5, 0.6) is 0 Å². The summed E-state index contributed by atoms with van der Waals surface area (Å²) in [5.41, 5.74) is 0.236. The predicted octanol–water partition coefficient (Wildman–Crippen LogP) is 1.42. The molecule has 1 rings (SSSR count). The monoisotopic (exact) mass is 211 g/mol. The minimum Gasteiger partial charge on any atom is -0.472 e. The lowest BCUT2D eigenvalue weighted by atomic mass is 9.89. The van der Waals surface area contributed by atoms with Crippen LogP contribution in [0.15, 0.2) is 23.0 Å². The molecule has 1 unspecified atom stereocenters. The second-order valence-corrected chi connectivity index (χ2v) is 4.60. The Morgan fingerprint density at radius 2 is 2.27 bits per heavy atom. The van der Waals surface area contributed by atoms with Crippen molar-refractivity contribution in [2.24, 2.45) is 5.41 Å². The molecule has 0 aliphatic heterocycles. The molecule has 1 amide bonds. The number of carbonyl (C=O) groups excluding carboxylic acids is 1. The fraction of sp³-hybridized carbons (Fsp3) is 0.545. The maximum Gasteiger partial charge on any atom is 0.254 e. The Labute approximate surface area is 89.3 Å². The van der Waals surface area contributed by atoms with E-state index in [1.807, 2.05) is 20.8 Å². The van der Waals surface area contributed by atoms with E-state index in [1.54, 1.807) is 6.07 Å². The number of hydrogen-bond acceptors (Lipinski definition) is 3. The van der Waals surface area contributed by atoms with E-state index in [0.717, 1.165) is 0 Å². The Hall–Kier alpha value is -1.29. The molecule has 84 valence electrons. The Morgan fingerprint density at radius 1 is 1.60 bits per heavy atom. The van der Waals surface area contributed by atoms with Gasteiger partial charge in [-0.2, -0.15) is 0 Å². The van der Waals surface area contributed by atoms with Gasteiger partial charge in [0.1, 0.15) is 6.26 Å². The zero-order valence-electron chi connectivity index (χ0n) is 9.28. The number of amides is 1. The standard InChI is InChI=1S/C11H17NO3/c1-11(2,3)9(13)6-12-10(14)8-4-5-15-7-8/h4-5,7,9,13H,6H2,1-3H3,(H,12,14). The molecule has 0 aromatic carbocycles. The van der Waals surface area contributed by atoms with Crippen molar-refractivity contribution in [3.05, 3.63) is 24.2 Å². The Balaban J connectivity index is 2.42. The van der Waals surface area contributed by atoms with Crippen LogP contribution in [0.25, 0.3) is 0 Å². The fourth-order valence-corrected chi connectivity index (χ4v) is 0.991. The number of carbonyl (C=O) groups is 1. The maximum atomic E-state index is 11.5. The predicted molar refractivity (Wildman–Crippen MR) is 56.5 cm³/mol. The van der Waals surface area contributed by atoms with Crippen molar-refractivity contribution in [3.8, 4) is 0 Å². The fourth-order valence-electron chi connectivity index (χ4n) is 0.991. The van der Waals surface area contributed by atoms with Crippen LogP contribution >= 0.6 is 0 Å². The molecule has 0 saturated carbocycles. The largest absolute Gasteiger partial charge is 0.472 e. The minimum atomic E-state index is -0.562. The summed E-state index contributed by atoms with van der Waals surface area (Å²) in [4.78, 5) is 11.5. The van der Waals surface area contributed by atoms with Crippen molar-refractivity contribution in [2.45, 2.75) is 26.9 Å². The summed E-state index contributed by atoms with van der Waals surface area (Å²) < 4.78 is 4.79. The molecule has 1 aromatic heterocycles. The van der Waals surface area contributed by atoms with Gasteiger partial charge in [-0.1, -0.05) is 20.8 Å². The summed E-state index contributed by atoms with van der Waals surface area (Å²) in [5, 5.41) is 12.3. The average molecular weight is 211 g/mol. The van der Waals surface area contributed by atoms with E-state index in [4.69, 9.17) is 4.42 Å². The van der Waals surface area contributed by atoms with E-state index < -0.39 is 6.10 Å². The van der Waals surface area contributed by atoms with Crippen molar-refractivity contribution in [1.29, 1.82) is 0 Å². The van der Waals surface area contributed by atoms with Crippen molar-refractivity contribution >= 4 is 5.91 Å². The number of aliphatic hydroxyl groups is 1. The Morgan fingerprint density at radius 3 is 2.73 bits per heavy atom. The zero-order chi connectivity index (χ0) is 11.5. The molecule has 1 aromatic rings. The third-order valence-corrected chi connectivity index (χ3v) is 2.24. The summed E-state index contributed by atoms with van der Waals surface area (Å²) in [6.07, 6.45) is 2.25. The number of rotatable bonds is 3. The van der Waals surface area contributed by atoms with E-state index in [1.165, 1.54) is 12.5 Å². The molecule has 4 heteroatoms. The summed E-state index contributed by atoms with van der Waals surface area (Å²) in [7, 11) is 0. The Kier molecular flexibility index (Phi) is 3.52. The maximum absolute atomic E-state index is 11.5. The van der Waals surface area contributed by atoms with Crippen LogP contribution < -0.4 is 5.32 Å². The van der Waals surface area contributed by atoms with Crippen LogP contribution in [0.2, 0.25) is 0 Å². The van der Waals surface area contributed by atoms with Gasteiger partial charge in [0.2, 0.25) is 0 Å². The molecule has 0 radical (unpaired) electrons. The second-order valence-electron chi connectivity index (χ2n) is 4.60. The lowest BCUT2D eigenvalue weighted by molar-refractivity contribution is 0.0586. The molecule has 4 nitrogen and oxygen atoms in total. The first-order valence-electron chi connectivity index (χ1n) is 4.89.